The van der Waals surface area contributed by atoms with Crippen LogP contribution in [0, 0.1) is 40.7 Å². The van der Waals surface area contributed by atoms with Crippen molar-refractivity contribution in [2.45, 2.75) is 51.4 Å². The summed E-state index contributed by atoms with van der Waals surface area (Å²) >= 11 is 0. The molecule has 0 radical (unpaired) electrons. The molecule has 1 fully saturated rings. The Morgan fingerprint density at radius 2 is 1.73 bits per heavy atom. The van der Waals surface area contributed by atoms with Gasteiger partial charge in [0.1, 0.15) is 17.7 Å². The highest BCUT2D eigenvalue weighted by Gasteiger charge is 2.22. The number of nitrogens with zero attached hydrogens (tertiary/aromatic N) is 1. The molecule has 0 aromatic heterocycles. The van der Waals surface area contributed by atoms with Crippen molar-refractivity contribution in [1.82, 2.24) is 0 Å². The average molecular weight is 440 g/mol. The van der Waals surface area contributed by atoms with Gasteiger partial charge in [-0.1, -0.05) is 48.3 Å². The molecule has 0 amide bonds. The van der Waals surface area contributed by atoms with Gasteiger partial charge in [0.25, 0.3) is 0 Å². The van der Waals surface area contributed by atoms with Crippen LogP contribution in [0.5, 0.6) is 0 Å². The predicted octanol–water partition coefficient (Wildman–Crippen LogP) is 8.02. The molecule has 33 heavy (non-hydrogen) atoms. The minimum absolute atomic E-state index is 0.0321. The number of fused-ring (bicyclic) bond motifs is 1. The van der Waals surface area contributed by atoms with E-state index in [1.54, 1.807) is 18.2 Å². The Bertz CT molecular complexity index is 1280. The molecule has 3 aromatic carbocycles. The third-order valence-electron chi connectivity index (χ3n) is 6.70. The third-order valence-corrected chi connectivity index (χ3v) is 6.70. The Labute approximate surface area is 194 Å². The van der Waals surface area contributed by atoms with Crippen molar-refractivity contribution in [3.63, 3.8) is 0 Å². The molecule has 0 unspecified atom stereocenters. The molecule has 4 rings (SSSR count). The Kier molecular flexibility index (Phi) is 7.21. The lowest BCUT2D eigenvalue weighted by molar-refractivity contribution is 0.312. The van der Waals surface area contributed by atoms with Crippen LogP contribution in [0.3, 0.4) is 0 Å². The number of nitriles is 1. The van der Waals surface area contributed by atoms with Crippen LogP contribution in [0.2, 0.25) is 0 Å². The van der Waals surface area contributed by atoms with E-state index in [2.05, 4.69) is 43.0 Å². The number of allylic oxidation sites excluding steroid dienone is 2. The van der Waals surface area contributed by atoms with Crippen LogP contribution < -0.4 is 0 Å². The number of hydrogen-bond donors (Lipinski definition) is 0. The van der Waals surface area contributed by atoms with Crippen molar-refractivity contribution >= 4 is 10.8 Å². The van der Waals surface area contributed by atoms with Crippen LogP contribution in [0.1, 0.15) is 73.6 Å². The van der Waals surface area contributed by atoms with Crippen LogP contribution in [0.15, 0.2) is 60.7 Å². The maximum Gasteiger partial charge on any atom is 0.146 e. The SMILES string of the molecule is C/C=C/CCC1CCC(c2ccc3c(F)c(C#Cc4ccc(C#N)c(F)c4)ccc3c2)CC1. The maximum atomic E-state index is 15.1. The smallest absolute Gasteiger partial charge is 0.146 e. The summed E-state index contributed by atoms with van der Waals surface area (Å²) in [5.74, 6) is 6.00. The molecule has 0 atom stereocenters. The van der Waals surface area contributed by atoms with E-state index in [1.165, 1.54) is 56.2 Å². The number of rotatable bonds is 4. The maximum absolute atomic E-state index is 15.1. The van der Waals surface area contributed by atoms with Crippen molar-refractivity contribution in [3.8, 4) is 17.9 Å². The summed E-state index contributed by atoms with van der Waals surface area (Å²) < 4.78 is 28.9. The first-order chi connectivity index (χ1) is 16.1. The molecular formula is C30H27F2N. The van der Waals surface area contributed by atoms with Gasteiger partial charge in [0.05, 0.1) is 11.1 Å². The van der Waals surface area contributed by atoms with Gasteiger partial charge >= 0.3 is 0 Å². The highest BCUT2D eigenvalue weighted by Crippen LogP contribution is 2.38. The summed E-state index contributed by atoms with van der Waals surface area (Å²) in [5, 5.41) is 10.3. The quantitative estimate of drug-likeness (QED) is 0.298. The summed E-state index contributed by atoms with van der Waals surface area (Å²) in [6, 6.07) is 15.6. The molecule has 1 saturated carbocycles. The molecule has 0 spiro atoms. The number of halogens is 2. The number of hydrogen-bond acceptors (Lipinski definition) is 1. The first-order valence-electron chi connectivity index (χ1n) is 11.6. The molecule has 1 nitrogen and oxygen atoms in total. The average Bonchev–Trinajstić information content (AvgIpc) is 2.84. The lowest BCUT2D eigenvalue weighted by Crippen LogP contribution is -2.13. The molecule has 166 valence electrons. The normalized spacial score (nSPS) is 18.1. The summed E-state index contributed by atoms with van der Waals surface area (Å²) in [7, 11) is 0. The van der Waals surface area contributed by atoms with E-state index in [0.29, 0.717) is 16.9 Å². The van der Waals surface area contributed by atoms with Crippen molar-refractivity contribution in [1.29, 1.82) is 5.26 Å². The zero-order chi connectivity index (χ0) is 23.2. The van der Waals surface area contributed by atoms with Gasteiger partial charge in [0.15, 0.2) is 0 Å². The molecule has 0 heterocycles. The van der Waals surface area contributed by atoms with E-state index in [4.69, 9.17) is 5.26 Å². The van der Waals surface area contributed by atoms with Gasteiger partial charge in [0, 0.05) is 10.9 Å². The third kappa shape index (κ3) is 5.32. The van der Waals surface area contributed by atoms with Crippen molar-refractivity contribution in [2.75, 3.05) is 0 Å². The Morgan fingerprint density at radius 3 is 2.45 bits per heavy atom. The zero-order valence-electron chi connectivity index (χ0n) is 18.9. The van der Waals surface area contributed by atoms with E-state index in [9.17, 15) is 4.39 Å². The van der Waals surface area contributed by atoms with Gasteiger partial charge in [0.2, 0.25) is 0 Å². The topological polar surface area (TPSA) is 23.8 Å². The van der Waals surface area contributed by atoms with E-state index < -0.39 is 5.82 Å². The molecule has 0 N–H and O–H groups in total. The van der Waals surface area contributed by atoms with Crippen LogP contribution in [0.4, 0.5) is 8.78 Å². The van der Waals surface area contributed by atoms with Gasteiger partial charge < -0.3 is 0 Å². The Morgan fingerprint density at radius 1 is 0.939 bits per heavy atom. The fourth-order valence-corrected chi connectivity index (χ4v) is 4.77. The summed E-state index contributed by atoms with van der Waals surface area (Å²) in [6.07, 6.45) is 11.7. The van der Waals surface area contributed by atoms with Gasteiger partial charge in [-0.25, -0.2) is 8.78 Å². The van der Waals surface area contributed by atoms with E-state index in [0.717, 1.165) is 11.3 Å². The molecule has 0 saturated heterocycles. The lowest BCUT2D eigenvalue weighted by Gasteiger charge is -2.28. The molecular weight excluding hydrogens is 412 g/mol. The zero-order valence-corrected chi connectivity index (χ0v) is 18.9. The minimum atomic E-state index is -0.623. The van der Waals surface area contributed by atoms with Crippen LogP contribution in [0.25, 0.3) is 10.8 Å². The van der Waals surface area contributed by atoms with Gasteiger partial charge in [-0.3, -0.25) is 0 Å². The Hall–Kier alpha value is -3.43. The van der Waals surface area contributed by atoms with Crippen molar-refractivity contribution in [3.05, 3.63) is 94.6 Å². The second kappa shape index (κ2) is 10.5. The minimum Gasteiger partial charge on any atom is -0.206 e. The fraction of sp³-hybridized carbons (Fsp3) is 0.300. The largest absolute Gasteiger partial charge is 0.206 e. The molecule has 0 aliphatic heterocycles. The second-order valence-corrected chi connectivity index (χ2v) is 8.83. The van der Waals surface area contributed by atoms with Crippen LogP contribution in [-0.2, 0) is 0 Å². The van der Waals surface area contributed by atoms with Gasteiger partial charge in [-0.15, -0.1) is 0 Å². The predicted molar refractivity (Wildman–Crippen MR) is 130 cm³/mol. The van der Waals surface area contributed by atoms with Crippen LogP contribution in [-0.4, -0.2) is 0 Å². The van der Waals surface area contributed by atoms with E-state index in [-0.39, 0.29) is 16.9 Å². The number of benzene rings is 3. The Balaban J connectivity index is 1.50. The van der Waals surface area contributed by atoms with Gasteiger partial charge in [-0.05, 0) is 92.5 Å². The highest BCUT2D eigenvalue weighted by atomic mass is 19.1. The molecule has 3 aromatic rings. The summed E-state index contributed by atoms with van der Waals surface area (Å²) in [5.41, 5.74) is 1.94. The summed E-state index contributed by atoms with van der Waals surface area (Å²) in [6.45, 7) is 2.07. The highest BCUT2D eigenvalue weighted by molar-refractivity contribution is 5.85. The molecule has 1 aliphatic carbocycles. The van der Waals surface area contributed by atoms with Crippen molar-refractivity contribution < 1.29 is 8.78 Å². The molecule has 3 heteroatoms. The monoisotopic (exact) mass is 439 g/mol. The molecule has 1 aliphatic rings. The van der Waals surface area contributed by atoms with Crippen LogP contribution >= 0.6 is 0 Å². The van der Waals surface area contributed by atoms with Crippen molar-refractivity contribution in [2.24, 2.45) is 5.92 Å². The first kappa shape index (κ1) is 22.8. The summed E-state index contributed by atoms with van der Waals surface area (Å²) in [4.78, 5) is 0. The fourth-order valence-electron chi connectivity index (χ4n) is 4.77. The van der Waals surface area contributed by atoms with Gasteiger partial charge in [-0.2, -0.15) is 5.26 Å². The first-order valence-corrected chi connectivity index (χ1v) is 11.6. The second-order valence-electron chi connectivity index (χ2n) is 8.83. The van der Waals surface area contributed by atoms with E-state index >= 15 is 4.39 Å². The standard InChI is InChI=1S/C30H27F2N/c1-2-3-4-5-21-6-10-23(11-7-21)25-16-17-28-26(19-25)15-14-24(30(28)32)12-8-22-9-13-27(20-33)29(31)18-22/h2-3,9,13-19,21,23H,4-7,10-11H2,1H3/b3-2+. The lowest BCUT2D eigenvalue weighted by atomic mass is 9.77. The molecule has 0 bridgehead atoms. The van der Waals surface area contributed by atoms with E-state index in [1.807, 2.05) is 12.1 Å².